The van der Waals surface area contributed by atoms with Crippen molar-refractivity contribution >= 4 is 17.9 Å². The lowest BCUT2D eigenvalue weighted by molar-refractivity contribution is -0.969. The van der Waals surface area contributed by atoms with E-state index in [1.807, 2.05) is 6.08 Å². The van der Waals surface area contributed by atoms with Gasteiger partial charge in [0.2, 0.25) is 0 Å². The van der Waals surface area contributed by atoms with Crippen LogP contribution in [0, 0.1) is 0 Å². The first-order chi connectivity index (χ1) is 15.1. The van der Waals surface area contributed by atoms with Crippen LogP contribution >= 0.6 is 0 Å². The first-order valence-electron chi connectivity index (χ1n) is 12.3. The SMILES string of the molecule is CCCCCCCCCCC/C=C/CCC[N+](C(C)C(=O)[O-])(C(C)C(=O)O)C(C)C(=O)O. The molecule has 0 aliphatic heterocycles. The van der Waals surface area contributed by atoms with E-state index in [0.717, 1.165) is 12.8 Å². The monoisotopic (exact) mass is 455 g/mol. The van der Waals surface area contributed by atoms with Crippen molar-refractivity contribution < 1.29 is 34.2 Å². The maximum absolute atomic E-state index is 11.7. The summed E-state index contributed by atoms with van der Waals surface area (Å²) in [4.78, 5) is 35.0. The molecule has 0 spiro atoms. The van der Waals surface area contributed by atoms with Crippen molar-refractivity contribution in [3.05, 3.63) is 12.2 Å². The summed E-state index contributed by atoms with van der Waals surface area (Å²) >= 11 is 0. The van der Waals surface area contributed by atoms with Gasteiger partial charge in [-0.2, -0.15) is 0 Å². The number of quaternary nitrogens is 1. The van der Waals surface area contributed by atoms with Gasteiger partial charge in [0, 0.05) is 6.42 Å². The summed E-state index contributed by atoms with van der Waals surface area (Å²) in [5.41, 5.74) is 0. The second-order valence-corrected chi connectivity index (χ2v) is 8.97. The summed E-state index contributed by atoms with van der Waals surface area (Å²) in [5.74, 6) is -3.87. The van der Waals surface area contributed by atoms with Gasteiger partial charge < -0.3 is 20.1 Å². The van der Waals surface area contributed by atoms with E-state index in [9.17, 15) is 29.7 Å². The van der Waals surface area contributed by atoms with E-state index < -0.39 is 40.5 Å². The van der Waals surface area contributed by atoms with Crippen LogP contribution in [0.15, 0.2) is 12.2 Å². The first-order valence-corrected chi connectivity index (χ1v) is 12.3. The number of allylic oxidation sites excluding steroid dienone is 2. The Balaban J connectivity index is 4.61. The molecule has 0 fully saturated rings. The number of hydrogen-bond donors (Lipinski definition) is 2. The molecule has 3 unspecified atom stereocenters. The lowest BCUT2D eigenvalue weighted by Gasteiger charge is -2.49. The van der Waals surface area contributed by atoms with Crippen LogP contribution in [0.5, 0.6) is 0 Å². The molecule has 0 rings (SSSR count). The van der Waals surface area contributed by atoms with Gasteiger partial charge in [0.1, 0.15) is 6.04 Å². The van der Waals surface area contributed by atoms with Crippen LogP contribution in [0.25, 0.3) is 0 Å². The fourth-order valence-corrected chi connectivity index (χ4v) is 4.49. The molecule has 0 heterocycles. The molecule has 2 N–H and O–H groups in total. The number of carboxylic acid groups (broad SMARTS) is 3. The molecule has 32 heavy (non-hydrogen) atoms. The third kappa shape index (κ3) is 10.2. The summed E-state index contributed by atoms with van der Waals surface area (Å²) in [6.07, 6.45) is 17.8. The zero-order chi connectivity index (χ0) is 24.6. The Bertz CT molecular complexity index is 539. The van der Waals surface area contributed by atoms with Gasteiger partial charge >= 0.3 is 11.9 Å². The highest BCUT2D eigenvalue weighted by molar-refractivity contribution is 5.76. The van der Waals surface area contributed by atoms with E-state index in [1.165, 1.54) is 72.1 Å². The lowest BCUT2D eigenvalue weighted by Crippen LogP contribution is -2.71. The van der Waals surface area contributed by atoms with Crippen molar-refractivity contribution in [1.29, 1.82) is 0 Å². The minimum Gasteiger partial charge on any atom is -0.544 e. The highest BCUT2D eigenvalue weighted by atomic mass is 16.4. The Hall–Kier alpha value is -1.89. The molecule has 0 aromatic carbocycles. The number of hydrogen-bond acceptors (Lipinski definition) is 4. The summed E-state index contributed by atoms with van der Waals surface area (Å²) < 4.78 is -0.570. The minimum absolute atomic E-state index is 0.137. The number of rotatable bonds is 20. The maximum atomic E-state index is 11.7. The number of carbonyl (C=O) groups is 3. The Kier molecular flexibility index (Phi) is 15.7. The molecule has 186 valence electrons. The predicted molar refractivity (Wildman–Crippen MR) is 124 cm³/mol. The molecule has 0 amide bonds. The zero-order valence-electron chi connectivity index (χ0n) is 20.6. The standard InChI is InChI=1S/C25H45NO6/c1-5-6-7-8-9-10-11-12-13-14-15-16-17-18-19-26(20(2)23(27)28,21(3)24(29)30)22(4)25(31)32/h15-16,20-22H,5-14,17-19H2,1-4H3,(H2-,27,28,29,30,31,32)/b16-15+. The molecular formula is C25H45NO6. The average Bonchev–Trinajstić information content (AvgIpc) is 2.75. The second kappa shape index (κ2) is 16.7. The molecule has 0 aliphatic carbocycles. The highest BCUT2D eigenvalue weighted by Gasteiger charge is 2.50. The second-order valence-electron chi connectivity index (χ2n) is 8.97. The Labute approximate surface area is 194 Å². The Morgan fingerprint density at radius 3 is 1.53 bits per heavy atom. The van der Waals surface area contributed by atoms with Crippen LogP contribution < -0.4 is 5.11 Å². The first kappa shape index (κ1) is 30.1. The molecule has 0 saturated heterocycles. The van der Waals surface area contributed by atoms with Crippen LogP contribution in [0.1, 0.15) is 105 Å². The van der Waals surface area contributed by atoms with Gasteiger partial charge in [-0.25, -0.2) is 9.59 Å². The van der Waals surface area contributed by atoms with Crippen LogP contribution in [0.2, 0.25) is 0 Å². The number of aliphatic carboxylic acids is 3. The van der Waals surface area contributed by atoms with Gasteiger partial charge in [0.25, 0.3) is 0 Å². The van der Waals surface area contributed by atoms with Crippen LogP contribution in [-0.2, 0) is 14.4 Å². The molecule has 0 radical (unpaired) electrons. The molecule has 0 aromatic rings. The van der Waals surface area contributed by atoms with Crippen molar-refractivity contribution in [3.63, 3.8) is 0 Å². The molecule has 0 aromatic heterocycles. The molecule has 0 aliphatic rings. The highest BCUT2D eigenvalue weighted by Crippen LogP contribution is 2.27. The van der Waals surface area contributed by atoms with E-state index in [1.54, 1.807) is 0 Å². The summed E-state index contributed by atoms with van der Waals surface area (Å²) in [7, 11) is 0. The topological polar surface area (TPSA) is 115 Å². The number of nitrogens with zero attached hydrogens (tertiary/aromatic N) is 1. The van der Waals surface area contributed by atoms with E-state index >= 15 is 0 Å². The number of carbonyl (C=O) groups excluding carboxylic acids is 1. The molecule has 7 nitrogen and oxygen atoms in total. The summed E-state index contributed by atoms with van der Waals surface area (Å²) in [6.45, 7) is 6.46. The smallest absolute Gasteiger partial charge is 0.362 e. The predicted octanol–water partition coefficient (Wildman–Crippen LogP) is 4.15. The van der Waals surface area contributed by atoms with E-state index in [4.69, 9.17) is 0 Å². The third-order valence-corrected chi connectivity index (χ3v) is 6.78. The van der Waals surface area contributed by atoms with Crippen molar-refractivity contribution in [3.8, 4) is 0 Å². The van der Waals surface area contributed by atoms with Gasteiger partial charge in [0.05, 0.1) is 12.5 Å². The normalized spacial score (nSPS) is 16.4. The lowest BCUT2D eigenvalue weighted by atomic mass is 10.0. The molecule has 3 atom stereocenters. The molecule has 0 bridgehead atoms. The molecule has 7 heteroatoms. The van der Waals surface area contributed by atoms with E-state index in [2.05, 4.69) is 13.0 Å². The minimum atomic E-state index is -1.44. The van der Waals surface area contributed by atoms with Gasteiger partial charge in [-0.05, 0) is 40.0 Å². The Morgan fingerprint density at radius 2 is 1.12 bits per heavy atom. The van der Waals surface area contributed by atoms with Gasteiger partial charge in [-0.15, -0.1) is 0 Å². The quantitative estimate of drug-likeness (QED) is 0.162. The largest absolute Gasteiger partial charge is 0.544 e. The summed E-state index contributed by atoms with van der Waals surface area (Å²) in [6, 6.07) is -3.61. The van der Waals surface area contributed by atoms with Crippen molar-refractivity contribution in [1.82, 2.24) is 0 Å². The van der Waals surface area contributed by atoms with E-state index in [0.29, 0.717) is 12.8 Å². The van der Waals surface area contributed by atoms with Gasteiger partial charge in [-0.3, -0.25) is 4.48 Å². The fourth-order valence-electron chi connectivity index (χ4n) is 4.49. The zero-order valence-corrected chi connectivity index (χ0v) is 20.6. The van der Waals surface area contributed by atoms with E-state index in [-0.39, 0.29) is 6.54 Å². The third-order valence-electron chi connectivity index (χ3n) is 6.78. The molecular weight excluding hydrogens is 410 g/mol. The van der Waals surface area contributed by atoms with Crippen LogP contribution in [0.3, 0.4) is 0 Å². The molecule has 0 saturated carbocycles. The number of carboxylic acids is 3. The average molecular weight is 456 g/mol. The van der Waals surface area contributed by atoms with Crippen molar-refractivity contribution in [2.75, 3.05) is 6.54 Å². The summed E-state index contributed by atoms with van der Waals surface area (Å²) in [5, 5.41) is 30.7. The maximum Gasteiger partial charge on any atom is 0.362 e. The van der Waals surface area contributed by atoms with Crippen molar-refractivity contribution in [2.24, 2.45) is 0 Å². The number of unbranched alkanes of at least 4 members (excludes halogenated alkanes) is 10. The van der Waals surface area contributed by atoms with Crippen LogP contribution in [0.4, 0.5) is 0 Å². The van der Waals surface area contributed by atoms with Gasteiger partial charge in [-0.1, -0.05) is 70.4 Å². The van der Waals surface area contributed by atoms with Crippen LogP contribution in [-0.4, -0.2) is 57.3 Å². The van der Waals surface area contributed by atoms with Crippen molar-refractivity contribution in [2.45, 2.75) is 123 Å². The fraction of sp³-hybridized carbons (Fsp3) is 0.800. The van der Waals surface area contributed by atoms with Gasteiger partial charge in [0.15, 0.2) is 12.1 Å². The Morgan fingerprint density at radius 1 is 0.719 bits per heavy atom.